The van der Waals surface area contributed by atoms with Crippen molar-refractivity contribution < 1.29 is 28.6 Å². The maximum Gasteiger partial charge on any atom is 0.306 e. The van der Waals surface area contributed by atoms with Gasteiger partial charge >= 0.3 is 17.9 Å². The number of carbonyl (C=O) groups is 3. The molecular formula is C75H124O6. The van der Waals surface area contributed by atoms with E-state index in [2.05, 4.69) is 154 Å². The second-order valence-corrected chi connectivity index (χ2v) is 22.0. The van der Waals surface area contributed by atoms with Crippen LogP contribution in [0.15, 0.2) is 134 Å². The highest BCUT2D eigenvalue weighted by Crippen LogP contribution is 2.16. The van der Waals surface area contributed by atoms with Crippen molar-refractivity contribution in [3.05, 3.63) is 134 Å². The monoisotopic (exact) mass is 1120 g/mol. The lowest BCUT2D eigenvalue weighted by Gasteiger charge is -2.18. The van der Waals surface area contributed by atoms with Crippen molar-refractivity contribution in [3.63, 3.8) is 0 Å². The smallest absolute Gasteiger partial charge is 0.306 e. The molecule has 0 amide bonds. The molecule has 6 nitrogen and oxygen atoms in total. The number of ether oxygens (including phenoxy) is 3. The first-order chi connectivity index (χ1) is 40.0. The first-order valence-electron chi connectivity index (χ1n) is 33.7. The maximum atomic E-state index is 12.9. The quantitative estimate of drug-likeness (QED) is 0.0261. The van der Waals surface area contributed by atoms with Crippen molar-refractivity contribution in [2.45, 2.75) is 309 Å². The van der Waals surface area contributed by atoms with Crippen molar-refractivity contribution >= 4 is 17.9 Å². The summed E-state index contributed by atoms with van der Waals surface area (Å²) in [6.45, 7) is 6.38. The third-order valence-electron chi connectivity index (χ3n) is 14.1. The van der Waals surface area contributed by atoms with Crippen molar-refractivity contribution in [1.29, 1.82) is 0 Å². The summed E-state index contributed by atoms with van der Waals surface area (Å²) in [5.74, 6) is -0.948. The molecule has 0 rings (SSSR count). The normalized spacial score (nSPS) is 13.0. The molecule has 0 spiro atoms. The van der Waals surface area contributed by atoms with Crippen LogP contribution in [0.3, 0.4) is 0 Å². The van der Waals surface area contributed by atoms with Gasteiger partial charge in [0.2, 0.25) is 0 Å². The van der Waals surface area contributed by atoms with Crippen LogP contribution in [0.4, 0.5) is 0 Å². The molecule has 81 heavy (non-hydrogen) atoms. The Kier molecular flexibility index (Phi) is 64.3. The Labute approximate surface area is 500 Å². The molecule has 0 N–H and O–H groups in total. The van der Waals surface area contributed by atoms with Crippen molar-refractivity contribution in [2.24, 2.45) is 0 Å². The Morgan fingerprint density at radius 2 is 0.481 bits per heavy atom. The molecule has 0 aliphatic carbocycles. The molecule has 0 aliphatic heterocycles. The molecule has 0 aliphatic rings. The molecule has 0 aromatic heterocycles. The zero-order chi connectivity index (χ0) is 58.5. The van der Waals surface area contributed by atoms with E-state index in [-0.39, 0.29) is 37.5 Å². The van der Waals surface area contributed by atoms with E-state index >= 15 is 0 Å². The molecule has 0 saturated heterocycles. The Morgan fingerprint density at radius 1 is 0.259 bits per heavy atom. The Morgan fingerprint density at radius 3 is 0.790 bits per heavy atom. The highest BCUT2D eigenvalue weighted by molar-refractivity contribution is 5.71. The number of hydrogen-bond donors (Lipinski definition) is 0. The lowest BCUT2D eigenvalue weighted by Crippen LogP contribution is -2.30. The second kappa shape index (κ2) is 68.1. The number of unbranched alkanes of at least 4 members (excludes halogenated alkanes) is 27. The van der Waals surface area contributed by atoms with Gasteiger partial charge in [0.1, 0.15) is 13.2 Å². The first-order valence-corrected chi connectivity index (χ1v) is 33.7. The van der Waals surface area contributed by atoms with E-state index in [4.69, 9.17) is 14.2 Å². The van der Waals surface area contributed by atoms with Gasteiger partial charge in [0.25, 0.3) is 0 Å². The van der Waals surface area contributed by atoms with Crippen LogP contribution in [0.2, 0.25) is 0 Å². The summed E-state index contributed by atoms with van der Waals surface area (Å²) in [5, 5.41) is 0. The van der Waals surface area contributed by atoms with Gasteiger partial charge in [0.05, 0.1) is 0 Å². The predicted octanol–water partition coefficient (Wildman–Crippen LogP) is 23.3. The number of esters is 3. The minimum atomic E-state index is -0.810. The summed E-state index contributed by atoms with van der Waals surface area (Å²) in [6, 6.07) is 0. The zero-order valence-electron chi connectivity index (χ0n) is 52.8. The van der Waals surface area contributed by atoms with Crippen molar-refractivity contribution in [3.8, 4) is 0 Å². The molecule has 0 fully saturated rings. The number of rotatable bonds is 60. The molecule has 0 heterocycles. The standard InChI is InChI=1S/C75H124O6/c1-4-7-10-13-16-19-22-25-28-30-32-34-35-36-37-38-39-41-42-44-47-50-53-56-59-62-65-68-74(77)80-71-72(70-79-73(76)67-64-61-58-55-52-49-46-27-24-21-18-15-12-9-6-3)81-75(78)69-66-63-60-57-54-51-48-45-43-40-33-31-29-26-23-20-17-14-11-8-5-2/h7-8,10-11,16-17,19-20,25-29,32-34,40,45-46,48,54,57,72H,4-6,9,12-15,18,21-24,30-31,35-39,41-44,47,49-53,55-56,58-71H2,1-3H3/b10-7-,11-8-,19-16-,20-17-,28-25-,29-26-,34-32-,40-33-,46-27-,48-45-,57-54-. The van der Waals surface area contributed by atoms with Gasteiger partial charge in [-0.05, 0) is 135 Å². The summed E-state index contributed by atoms with van der Waals surface area (Å²) in [5.41, 5.74) is 0. The minimum Gasteiger partial charge on any atom is -0.462 e. The molecule has 0 saturated carbocycles. The summed E-state index contributed by atoms with van der Waals surface area (Å²) < 4.78 is 16.9. The second-order valence-electron chi connectivity index (χ2n) is 22.0. The van der Waals surface area contributed by atoms with Crippen LogP contribution in [0.5, 0.6) is 0 Å². The molecule has 0 aromatic carbocycles. The van der Waals surface area contributed by atoms with Gasteiger partial charge in [-0.1, -0.05) is 283 Å². The van der Waals surface area contributed by atoms with E-state index < -0.39 is 6.10 Å². The number of allylic oxidation sites excluding steroid dienone is 22. The minimum absolute atomic E-state index is 0.101. The third-order valence-corrected chi connectivity index (χ3v) is 14.1. The largest absolute Gasteiger partial charge is 0.462 e. The predicted molar refractivity (Wildman–Crippen MR) is 353 cm³/mol. The molecule has 0 aromatic rings. The van der Waals surface area contributed by atoms with Crippen LogP contribution in [-0.4, -0.2) is 37.2 Å². The van der Waals surface area contributed by atoms with Crippen LogP contribution in [0.1, 0.15) is 303 Å². The fourth-order valence-electron chi connectivity index (χ4n) is 9.14. The van der Waals surface area contributed by atoms with Crippen molar-refractivity contribution in [2.75, 3.05) is 13.2 Å². The molecule has 460 valence electrons. The van der Waals surface area contributed by atoms with Gasteiger partial charge in [0, 0.05) is 19.3 Å². The van der Waals surface area contributed by atoms with Crippen LogP contribution >= 0.6 is 0 Å². The van der Waals surface area contributed by atoms with E-state index in [1.165, 1.54) is 128 Å². The zero-order valence-corrected chi connectivity index (χ0v) is 52.8. The molecule has 1 unspecified atom stereocenters. The summed E-state index contributed by atoms with van der Waals surface area (Å²) in [6.07, 6.45) is 96.1. The van der Waals surface area contributed by atoms with Gasteiger partial charge in [0.15, 0.2) is 6.10 Å². The highest BCUT2D eigenvalue weighted by Gasteiger charge is 2.19. The number of carbonyl (C=O) groups excluding carboxylic acids is 3. The van der Waals surface area contributed by atoms with E-state index in [9.17, 15) is 14.4 Å². The molecular weight excluding hydrogens is 997 g/mol. The molecule has 0 bridgehead atoms. The SMILES string of the molecule is CC/C=C\C/C=C\C/C=C\C/C=C\C/C=C\C/C=C\CCCCC(=O)OC(COC(=O)CCCCCCC/C=C\CCCCCCCC)COC(=O)CCCCCCCCCCCCCCCC/C=C\C/C=C\C/C=C\C/C=C\CC. The molecule has 6 heteroatoms. The van der Waals surface area contributed by atoms with Gasteiger partial charge in [-0.2, -0.15) is 0 Å². The van der Waals surface area contributed by atoms with Crippen LogP contribution in [0, 0.1) is 0 Å². The average Bonchev–Trinajstić information content (AvgIpc) is 3.47. The van der Waals surface area contributed by atoms with Crippen LogP contribution in [0.25, 0.3) is 0 Å². The van der Waals surface area contributed by atoms with E-state index in [0.717, 1.165) is 128 Å². The van der Waals surface area contributed by atoms with E-state index in [1.807, 2.05) is 0 Å². The highest BCUT2D eigenvalue weighted by atomic mass is 16.6. The van der Waals surface area contributed by atoms with Gasteiger partial charge < -0.3 is 14.2 Å². The van der Waals surface area contributed by atoms with E-state index in [0.29, 0.717) is 19.3 Å². The van der Waals surface area contributed by atoms with Gasteiger partial charge in [-0.15, -0.1) is 0 Å². The Balaban J connectivity index is 4.40. The lowest BCUT2D eigenvalue weighted by atomic mass is 10.0. The summed E-state index contributed by atoms with van der Waals surface area (Å²) in [4.78, 5) is 38.4. The Bertz CT molecular complexity index is 1720. The molecule has 1 atom stereocenters. The van der Waals surface area contributed by atoms with Crippen LogP contribution < -0.4 is 0 Å². The van der Waals surface area contributed by atoms with Crippen LogP contribution in [-0.2, 0) is 28.6 Å². The number of hydrogen-bond acceptors (Lipinski definition) is 6. The van der Waals surface area contributed by atoms with E-state index in [1.54, 1.807) is 0 Å². The first kappa shape index (κ1) is 76.5. The Hall–Kier alpha value is -4.45. The average molecular weight is 1120 g/mol. The fourth-order valence-corrected chi connectivity index (χ4v) is 9.14. The summed E-state index contributed by atoms with van der Waals surface area (Å²) >= 11 is 0. The maximum absolute atomic E-state index is 12.9. The van der Waals surface area contributed by atoms with Gasteiger partial charge in [-0.25, -0.2) is 0 Å². The van der Waals surface area contributed by atoms with Gasteiger partial charge in [-0.3, -0.25) is 14.4 Å². The van der Waals surface area contributed by atoms with Crippen molar-refractivity contribution in [1.82, 2.24) is 0 Å². The third kappa shape index (κ3) is 66.2. The molecule has 0 radical (unpaired) electrons. The lowest BCUT2D eigenvalue weighted by molar-refractivity contribution is -0.167. The topological polar surface area (TPSA) is 78.9 Å². The summed E-state index contributed by atoms with van der Waals surface area (Å²) in [7, 11) is 0. The fraction of sp³-hybridized carbons (Fsp3) is 0.667.